The van der Waals surface area contributed by atoms with Crippen LogP contribution in [0.4, 0.5) is 0 Å². The van der Waals surface area contributed by atoms with Gasteiger partial charge in [0.25, 0.3) is 0 Å². The first-order chi connectivity index (χ1) is 30.2. The van der Waals surface area contributed by atoms with E-state index >= 15 is 0 Å². The number of nitrogens with zero attached hydrogens (tertiary/aromatic N) is 4. The van der Waals surface area contributed by atoms with Crippen LogP contribution in [0.1, 0.15) is 0 Å². The molecule has 0 aliphatic rings. The maximum atomic E-state index is 5.01. The highest BCUT2D eigenvalue weighted by Crippen LogP contribution is 2.40. The smallest absolute Gasteiger partial charge is 0.164 e. The Hall–Kier alpha value is -8.21. The van der Waals surface area contributed by atoms with E-state index in [9.17, 15) is 0 Å². The predicted molar refractivity (Wildman–Crippen MR) is 252 cm³/mol. The number of hydrogen-bond donors (Lipinski definition) is 0. The minimum Gasteiger partial charge on any atom is -0.309 e. The van der Waals surface area contributed by atoms with Crippen LogP contribution in [0.15, 0.2) is 231 Å². The average molecular weight is 779 g/mol. The number of fused-ring (bicyclic) bond motifs is 3. The highest BCUT2D eigenvalue weighted by atomic mass is 15.0. The quantitative estimate of drug-likeness (QED) is 0.154. The molecule has 4 heteroatoms. The molecule has 9 aromatic carbocycles. The molecule has 0 spiro atoms. The van der Waals surface area contributed by atoms with Gasteiger partial charge in [-0.3, -0.25) is 0 Å². The molecule has 0 saturated heterocycles. The molecule has 0 fully saturated rings. The normalized spacial score (nSPS) is 11.3. The Bertz CT molecular complexity index is 3290. The lowest BCUT2D eigenvalue weighted by molar-refractivity contribution is 1.07. The Morgan fingerprint density at radius 2 is 0.639 bits per heavy atom. The molecule has 286 valence electrons. The minimum atomic E-state index is 0.636. The van der Waals surface area contributed by atoms with E-state index in [2.05, 4.69) is 199 Å². The van der Waals surface area contributed by atoms with Gasteiger partial charge in [-0.15, -0.1) is 0 Å². The van der Waals surface area contributed by atoms with Gasteiger partial charge in [-0.25, -0.2) is 15.0 Å². The van der Waals surface area contributed by atoms with Crippen LogP contribution in [0, 0.1) is 0 Å². The third kappa shape index (κ3) is 6.86. The Balaban J connectivity index is 0.920. The Morgan fingerprint density at radius 1 is 0.262 bits per heavy atom. The van der Waals surface area contributed by atoms with Crippen LogP contribution in [0.3, 0.4) is 0 Å². The van der Waals surface area contributed by atoms with Gasteiger partial charge in [0, 0.05) is 33.2 Å². The van der Waals surface area contributed by atoms with Crippen molar-refractivity contribution in [2.75, 3.05) is 0 Å². The van der Waals surface area contributed by atoms with Crippen molar-refractivity contribution in [3.05, 3.63) is 231 Å². The zero-order valence-corrected chi connectivity index (χ0v) is 33.2. The van der Waals surface area contributed by atoms with E-state index in [4.69, 9.17) is 15.0 Å². The first-order valence-corrected chi connectivity index (χ1v) is 20.6. The molecule has 0 aliphatic carbocycles. The van der Waals surface area contributed by atoms with Crippen molar-refractivity contribution < 1.29 is 0 Å². The summed E-state index contributed by atoms with van der Waals surface area (Å²) in [6, 6.07) is 81.2. The Kier molecular flexibility index (Phi) is 9.14. The molecular weight excluding hydrogens is 741 g/mol. The third-order valence-corrected chi connectivity index (χ3v) is 11.5. The fraction of sp³-hybridized carbons (Fsp3) is 0. The highest BCUT2D eigenvalue weighted by molar-refractivity contribution is 6.16. The third-order valence-electron chi connectivity index (χ3n) is 11.5. The van der Waals surface area contributed by atoms with E-state index in [1.54, 1.807) is 0 Å². The molecule has 11 rings (SSSR count). The first-order valence-electron chi connectivity index (χ1n) is 20.6. The fourth-order valence-electron chi connectivity index (χ4n) is 8.42. The lowest BCUT2D eigenvalue weighted by Crippen LogP contribution is -2.00. The molecule has 0 unspecified atom stereocenters. The summed E-state index contributed by atoms with van der Waals surface area (Å²) in [7, 11) is 0. The molecule has 11 aromatic rings. The van der Waals surface area contributed by atoms with Gasteiger partial charge in [-0.2, -0.15) is 0 Å². The summed E-state index contributed by atoms with van der Waals surface area (Å²) >= 11 is 0. The van der Waals surface area contributed by atoms with Gasteiger partial charge < -0.3 is 4.57 Å². The summed E-state index contributed by atoms with van der Waals surface area (Å²) in [6.07, 6.45) is 0. The second kappa shape index (κ2) is 15.5. The Labute approximate surface area is 354 Å². The van der Waals surface area contributed by atoms with Gasteiger partial charge in [0.15, 0.2) is 17.5 Å². The van der Waals surface area contributed by atoms with Gasteiger partial charge in [-0.1, -0.05) is 206 Å². The molecule has 2 heterocycles. The monoisotopic (exact) mass is 778 g/mol. The van der Waals surface area contributed by atoms with Gasteiger partial charge in [0.1, 0.15) is 0 Å². The van der Waals surface area contributed by atoms with Crippen LogP contribution in [-0.4, -0.2) is 19.5 Å². The van der Waals surface area contributed by atoms with Crippen molar-refractivity contribution >= 4 is 21.8 Å². The van der Waals surface area contributed by atoms with E-state index in [0.29, 0.717) is 17.5 Å². The van der Waals surface area contributed by atoms with Crippen LogP contribution in [-0.2, 0) is 0 Å². The molecule has 0 atom stereocenters. The number of benzene rings is 9. The summed E-state index contributed by atoms with van der Waals surface area (Å²) in [6.45, 7) is 0. The summed E-state index contributed by atoms with van der Waals surface area (Å²) < 4.78 is 2.40. The standard InChI is InChI=1S/C57H38N4/c1-5-14-39(15-6-1)40-28-32-46(33-29-40)56-58-55(45-18-9-3-10-19-45)59-57(60-56)47-34-30-42(31-35-47)41-24-26-43(27-25-41)48-36-37-51-53(38-48)61(49-20-11-4-12-21-49)52-23-13-22-50(54(51)52)44-16-7-2-8-17-44/h1-38H. The van der Waals surface area contributed by atoms with Crippen LogP contribution >= 0.6 is 0 Å². The summed E-state index contributed by atoms with van der Waals surface area (Å²) in [5, 5.41) is 2.50. The highest BCUT2D eigenvalue weighted by Gasteiger charge is 2.18. The molecule has 0 radical (unpaired) electrons. The van der Waals surface area contributed by atoms with Crippen molar-refractivity contribution in [2.24, 2.45) is 0 Å². The van der Waals surface area contributed by atoms with E-state index in [1.807, 2.05) is 36.4 Å². The summed E-state index contributed by atoms with van der Waals surface area (Å²) in [5.41, 5.74) is 15.7. The number of aromatic nitrogens is 4. The van der Waals surface area contributed by atoms with Crippen molar-refractivity contribution in [1.82, 2.24) is 19.5 Å². The minimum absolute atomic E-state index is 0.636. The van der Waals surface area contributed by atoms with Gasteiger partial charge in [-0.05, 0) is 68.8 Å². The lowest BCUT2D eigenvalue weighted by atomic mass is 9.97. The first kappa shape index (κ1) is 35.9. The topological polar surface area (TPSA) is 43.6 Å². The molecule has 4 nitrogen and oxygen atoms in total. The molecule has 0 amide bonds. The van der Waals surface area contributed by atoms with Crippen molar-refractivity contribution in [3.63, 3.8) is 0 Å². The van der Waals surface area contributed by atoms with Crippen molar-refractivity contribution in [1.29, 1.82) is 0 Å². The Morgan fingerprint density at radius 3 is 1.15 bits per heavy atom. The summed E-state index contributed by atoms with van der Waals surface area (Å²) in [4.78, 5) is 14.9. The molecule has 0 bridgehead atoms. The summed E-state index contributed by atoms with van der Waals surface area (Å²) in [5.74, 6) is 1.92. The number of rotatable bonds is 8. The maximum absolute atomic E-state index is 5.01. The van der Waals surface area contributed by atoms with E-state index in [1.165, 1.54) is 49.6 Å². The largest absolute Gasteiger partial charge is 0.309 e. The van der Waals surface area contributed by atoms with Crippen LogP contribution in [0.2, 0.25) is 0 Å². The fourth-order valence-corrected chi connectivity index (χ4v) is 8.42. The maximum Gasteiger partial charge on any atom is 0.164 e. The average Bonchev–Trinajstić information content (AvgIpc) is 3.69. The molecule has 61 heavy (non-hydrogen) atoms. The van der Waals surface area contributed by atoms with Crippen LogP contribution < -0.4 is 0 Å². The second-order valence-corrected chi connectivity index (χ2v) is 15.2. The van der Waals surface area contributed by atoms with Crippen LogP contribution in [0.25, 0.3) is 106 Å². The molecular formula is C57H38N4. The van der Waals surface area contributed by atoms with Gasteiger partial charge in [0.05, 0.1) is 11.0 Å². The second-order valence-electron chi connectivity index (χ2n) is 15.2. The van der Waals surface area contributed by atoms with Crippen molar-refractivity contribution in [2.45, 2.75) is 0 Å². The van der Waals surface area contributed by atoms with E-state index in [-0.39, 0.29) is 0 Å². The van der Waals surface area contributed by atoms with Gasteiger partial charge in [0.2, 0.25) is 0 Å². The molecule has 0 N–H and O–H groups in total. The molecule has 0 saturated carbocycles. The van der Waals surface area contributed by atoms with Gasteiger partial charge >= 0.3 is 0 Å². The predicted octanol–water partition coefficient (Wildman–Crippen LogP) is 14.6. The van der Waals surface area contributed by atoms with E-state index in [0.717, 1.165) is 39.1 Å². The molecule has 0 aliphatic heterocycles. The number of hydrogen-bond acceptors (Lipinski definition) is 3. The number of para-hydroxylation sites is 1. The van der Waals surface area contributed by atoms with Crippen LogP contribution in [0.5, 0.6) is 0 Å². The SMILES string of the molecule is c1ccc(-c2ccc(-c3nc(-c4ccccc4)nc(-c4ccc(-c5ccc(-c6ccc7c8c(-c9ccccc9)cccc8n(-c8ccccc8)c7c6)cc5)cc4)n3)cc2)cc1. The molecule has 2 aromatic heterocycles. The van der Waals surface area contributed by atoms with E-state index < -0.39 is 0 Å². The lowest BCUT2D eigenvalue weighted by Gasteiger charge is -2.10. The zero-order chi connectivity index (χ0) is 40.5. The van der Waals surface area contributed by atoms with Crippen molar-refractivity contribution in [3.8, 4) is 84.4 Å². The zero-order valence-electron chi connectivity index (χ0n) is 33.2.